The molecule has 2 fully saturated rings. The van der Waals surface area contributed by atoms with E-state index in [2.05, 4.69) is 75.7 Å². The zero-order valence-corrected chi connectivity index (χ0v) is 28.3. The summed E-state index contributed by atoms with van der Waals surface area (Å²) in [5, 5.41) is 2.73. The van der Waals surface area contributed by atoms with Crippen molar-refractivity contribution >= 4 is 46.0 Å². The van der Waals surface area contributed by atoms with Gasteiger partial charge in [0.25, 0.3) is 0 Å². The van der Waals surface area contributed by atoms with Crippen LogP contribution in [0.4, 0.5) is 11.8 Å². The van der Waals surface area contributed by atoms with Crippen molar-refractivity contribution in [3.63, 3.8) is 0 Å². The fraction of sp³-hybridized carbons (Fsp3) is 0.778. The number of carbonyl (C=O) groups excluding carboxylic acids is 1. The summed E-state index contributed by atoms with van der Waals surface area (Å²) >= 11 is 0. The number of fused-ring (bicyclic) bond motifs is 2. The molecule has 0 bridgehead atoms. The molecule has 0 aliphatic carbocycles. The number of imidazole rings is 1. The number of amides is 1. The summed E-state index contributed by atoms with van der Waals surface area (Å²) in [4.78, 5) is 25.7. The Morgan fingerprint density at radius 3 is 2.17 bits per heavy atom. The Balaban J connectivity index is 1.79. The van der Waals surface area contributed by atoms with Gasteiger partial charge in [0, 0.05) is 13.0 Å². The molecule has 4 atom stereocenters. The van der Waals surface area contributed by atoms with Crippen LogP contribution in [0, 0.1) is 5.92 Å². The molecule has 0 unspecified atom stereocenters. The molecule has 3 N–H and O–H groups in total. The van der Waals surface area contributed by atoms with Gasteiger partial charge < -0.3 is 28.2 Å². The molecular weight excluding hydrogens is 561 g/mol. The molecule has 0 spiro atoms. The highest BCUT2D eigenvalue weighted by molar-refractivity contribution is 6.84. The van der Waals surface area contributed by atoms with Crippen molar-refractivity contribution in [2.75, 3.05) is 24.8 Å². The van der Waals surface area contributed by atoms with Crippen LogP contribution in [0.5, 0.6) is 0 Å². The number of anilines is 2. The molecule has 4 heterocycles. The maximum atomic E-state index is 12.4. The summed E-state index contributed by atoms with van der Waals surface area (Å²) in [6.07, 6.45) is -0.367. The van der Waals surface area contributed by atoms with Gasteiger partial charge in [-0.25, -0.2) is 4.98 Å². The van der Waals surface area contributed by atoms with Crippen molar-refractivity contribution in [1.29, 1.82) is 0 Å². The first-order valence-corrected chi connectivity index (χ1v) is 18.6. The normalized spacial score (nSPS) is 26.2. The van der Waals surface area contributed by atoms with Crippen LogP contribution in [0.3, 0.4) is 0 Å². The number of ether oxygens (including phenoxy) is 2. The number of nitrogens with zero attached hydrogens (tertiary/aromatic N) is 4. The van der Waals surface area contributed by atoms with Gasteiger partial charge in [-0.05, 0) is 22.2 Å². The van der Waals surface area contributed by atoms with Gasteiger partial charge in [0.15, 0.2) is 17.7 Å². The minimum atomic E-state index is -2.88. The molecule has 14 heteroatoms. The molecule has 2 aromatic rings. The molecular formula is C27H48N6O6Si2. The average molecular weight is 609 g/mol. The molecule has 0 aromatic carbocycles. The van der Waals surface area contributed by atoms with E-state index < -0.39 is 41.7 Å². The number of aromatic nitrogens is 4. The Labute approximate surface area is 245 Å². The number of hydrogen-bond donors (Lipinski definition) is 2. The van der Waals surface area contributed by atoms with Crippen LogP contribution in [0.2, 0.25) is 22.2 Å². The van der Waals surface area contributed by atoms with E-state index in [0.29, 0.717) is 17.8 Å². The molecule has 12 nitrogen and oxygen atoms in total. The summed E-state index contributed by atoms with van der Waals surface area (Å²) in [7, 11) is -3.95. The Hall–Kier alpha value is -1.95. The van der Waals surface area contributed by atoms with E-state index in [4.69, 9.17) is 28.2 Å². The predicted molar refractivity (Wildman–Crippen MR) is 162 cm³/mol. The lowest BCUT2D eigenvalue weighted by atomic mass is 10.1. The van der Waals surface area contributed by atoms with E-state index in [1.807, 2.05) is 0 Å². The van der Waals surface area contributed by atoms with Gasteiger partial charge in [0.2, 0.25) is 11.9 Å². The van der Waals surface area contributed by atoms with Crippen LogP contribution in [0.15, 0.2) is 6.33 Å². The van der Waals surface area contributed by atoms with Gasteiger partial charge in [-0.2, -0.15) is 9.97 Å². The largest absolute Gasteiger partial charge is 0.414 e. The smallest absolute Gasteiger partial charge is 0.335 e. The van der Waals surface area contributed by atoms with Crippen LogP contribution in [0.1, 0.15) is 75.5 Å². The van der Waals surface area contributed by atoms with E-state index >= 15 is 0 Å². The van der Waals surface area contributed by atoms with Crippen molar-refractivity contribution in [3.05, 3.63) is 6.33 Å². The van der Waals surface area contributed by atoms with Crippen LogP contribution in [-0.4, -0.2) is 74.6 Å². The van der Waals surface area contributed by atoms with E-state index in [-0.39, 0.29) is 45.8 Å². The average Bonchev–Trinajstić information content (AvgIpc) is 3.44. The standard InChI is InChI=1S/C27H48N6O6Si2/c1-14(2)25(34)32-27-30-23(28)20-24(31-27)33(13-29-20)26-22(35-11)21-19(37-26)12-36-40(15(3)4,16(5)6)39-41(38-21,17(7)8)18(9)10/h13-19,21-22,26H,12H2,1-11H3,(H3,28,30,31,32,34)/t19-,21-,22-,26-/m1/s1. The van der Waals surface area contributed by atoms with Crippen molar-refractivity contribution in [2.45, 2.75) is 116 Å². The summed E-state index contributed by atoms with van der Waals surface area (Å²) in [5.74, 6) is -0.186. The first-order valence-electron chi connectivity index (χ1n) is 14.7. The number of nitrogens with one attached hydrogen (secondary N) is 1. The van der Waals surface area contributed by atoms with Gasteiger partial charge in [-0.1, -0.05) is 69.2 Å². The van der Waals surface area contributed by atoms with Crippen molar-refractivity contribution in [2.24, 2.45) is 5.92 Å². The maximum Gasteiger partial charge on any atom is 0.335 e. The Bertz CT molecular complexity index is 1220. The van der Waals surface area contributed by atoms with Crippen LogP contribution >= 0.6 is 0 Å². The Kier molecular flexibility index (Phi) is 9.34. The second kappa shape index (κ2) is 12.0. The van der Waals surface area contributed by atoms with E-state index in [0.717, 1.165) is 0 Å². The van der Waals surface area contributed by atoms with Gasteiger partial charge in [0.05, 0.1) is 12.9 Å². The van der Waals surface area contributed by atoms with Gasteiger partial charge in [-0.15, -0.1) is 0 Å². The van der Waals surface area contributed by atoms with E-state index in [1.54, 1.807) is 31.9 Å². The zero-order valence-electron chi connectivity index (χ0n) is 26.3. The third kappa shape index (κ3) is 5.59. The molecule has 2 saturated heterocycles. The topological polar surface area (TPSA) is 145 Å². The summed E-state index contributed by atoms with van der Waals surface area (Å²) in [6, 6.07) is 0. The summed E-state index contributed by atoms with van der Waals surface area (Å²) in [6.45, 7) is 21.4. The minimum absolute atomic E-state index is 0.108. The van der Waals surface area contributed by atoms with Crippen molar-refractivity contribution in [3.8, 4) is 0 Å². The fourth-order valence-electron chi connectivity index (χ4n) is 6.03. The molecule has 0 saturated carbocycles. The highest BCUT2D eigenvalue weighted by atomic mass is 28.5. The number of methoxy groups -OCH3 is 1. The van der Waals surface area contributed by atoms with Crippen molar-refractivity contribution in [1.82, 2.24) is 19.5 Å². The van der Waals surface area contributed by atoms with Crippen LogP contribution in [0.25, 0.3) is 11.2 Å². The lowest BCUT2D eigenvalue weighted by Crippen LogP contribution is -2.65. The number of nitrogens with two attached hydrogens (primary N) is 1. The third-order valence-corrected chi connectivity index (χ3v) is 18.6. The SMILES string of the molecule is CO[C@@H]1[C@@H]2O[Si](C(C)C)(C(C)C)O[Si](C(C)C)(C(C)C)OC[C@H]2O[C@H]1n1cnc2c(N)nc(NC(=O)C(C)C)nc21. The Morgan fingerprint density at radius 1 is 1.02 bits per heavy atom. The maximum absolute atomic E-state index is 12.4. The highest BCUT2D eigenvalue weighted by Gasteiger charge is 2.62. The second-order valence-corrected chi connectivity index (χ2v) is 21.6. The molecule has 0 radical (unpaired) electrons. The first-order chi connectivity index (χ1) is 19.2. The number of rotatable bonds is 8. The number of hydrogen-bond acceptors (Lipinski definition) is 10. The van der Waals surface area contributed by atoms with Crippen molar-refractivity contribution < 1.29 is 27.2 Å². The van der Waals surface area contributed by atoms with Crippen LogP contribution < -0.4 is 11.1 Å². The van der Waals surface area contributed by atoms with E-state index in [1.165, 1.54) is 0 Å². The quantitative estimate of drug-likeness (QED) is 0.398. The van der Waals surface area contributed by atoms with E-state index in [9.17, 15) is 4.79 Å². The molecule has 230 valence electrons. The lowest BCUT2D eigenvalue weighted by molar-refractivity contribution is -0.118. The van der Waals surface area contributed by atoms with Gasteiger partial charge in [0.1, 0.15) is 23.8 Å². The lowest BCUT2D eigenvalue weighted by Gasteiger charge is -2.51. The molecule has 41 heavy (non-hydrogen) atoms. The van der Waals surface area contributed by atoms with Gasteiger partial charge >= 0.3 is 17.1 Å². The molecule has 4 rings (SSSR count). The number of nitrogen functional groups attached to an aromatic ring is 1. The predicted octanol–water partition coefficient (Wildman–Crippen LogP) is 4.87. The summed E-state index contributed by atoms with van der Waals surface area (Å²) in [5.41, 5.74) is 7.85. The van der Waals surface area contributed by atoms with Crippen LogP contribution in [-0.2, 0) is 27.2 Å². The third-order valence-electron chi connectivity index (χ3n) is 8.37. The Morgan fingerprint density at radius 2 is 1.63 bits per heavy atom. The van der Waals surface area contributed by atoms with Gasteiger partial charge in [-0.3, -0.25) is 14.7 Å². The highest BCUT2D eigenvalue weighted by Crippen LogP contribution is 2.49. The molecule has 2 aliphatic heterocycles. The monoisotopic (exact) mass is 608 g/mol. The number of carbonyl (C=O) groups is 1. The minimum Gasteiger partial charge on any atom is -0.414 e. The summed E-state index contributed by atoms with van der Waals surface area (Å²) < 4.78 is 36.0. The first kappa shape index (κ1) is 32.0. The molecule has 1 amide bonds. The fourth-order valence-corrected chi connectivity index (χ4v) is 17.2. The zero-order chi connectivity index (χ0) is 30.4. The molecule has 2 aromatic heterocycles. The molecule has 2 aliphatic rings. The second-order valence-electron chi connectivity index (χ2n) is 12.7.